The number of benzene rings is 1. The van der Waals surface area contributed by atoms with Crippen LogP contribution in [0.4, 0.5) is 0 Å². The summed E-state index contributed by atoms with van der Waals surface area (Å²) in [6, 6.07) is 9.16. The predicted octanol–water partition coefficient (Wildman–Crippen LogP) is 2.58. The van der Waals surface area contributed by atoms with Gasteiger partial charge in [0.15, 0.2) is 0 Å². The van der Waals surface area contributed by atoms with Gasteiger partial charge in [-0.3, -0.25) is 9.97 Å². The molecule has 1 aromatic carbocycles. The first kappa shape index (κ1) is 7.44. The van der Waals surface area contributed by atoms with Gasteiger partial charge in [0.25, 0.3) is 0 Å². The average Bonchev–Trinajstić information content (AvgIpc) is 2.29. The van der Waals surface area contributed by atoms with E-state index in [2.05, 4.69) is 16.0 Å². The van der Waals surface area contributed by atoms with E-state index in [-0.39, 0.29) is 0 Å². The average molecular weight is 179 g/mol. The molecule has 0 aliphatic heterocycles. The molecule has 2 aromatic heterocycles. The highest BCUT2D eigenvalue weighted by Gasteiger charge is 1.98. The van der Waals surface area contributed by atoms with Gasteiger partial charge in [-0.15, -0.1) is 0 Å². The molecule has 0 saturated heterocycles. The fourth-order valence-electron chi connectivity index (χ4n) is 1.66. The topological polar surface area (TPSA) is 25.8 Å². The molecule has 2 heteroatoms. The van der Waals surface area contributed by atoms with E-state index < -0.39 is 0 Å². The molecule has 0 atom stereocenters. The summed E-state index contributed by atoms with van der Waals surface area (Å²) in [4.78, 5) is 8.20. The van der Waals surface area contributed by atoms with Crippen molar-refractivity contribution in [3.05, 3.63) is 49.1 Å². The number of hydrogen-bond acceptors (Lipinski definition) is 2. The number of pyridine rings is 2. The van der Waals surface area contributed by atoms with E-state index in [4.69, 9.17) is 0 Å². The first-order valence-corrected chi connectivity index (χ1v) is 4.43. The quantitative estimate of drug-likeness (QED) is 0.496. The lowest BCUT2D eigenvalue weighted by Gasteiger charge is -2.00. The smallest absolute Gasteiger partial charge is 0.0352 e. The van der Waals surface area contributed by atoms with E-state index in [0.717, 1.165) is 16.2 Å². The Balaban J connectivity index is 2.61. The summed E-state index contributed by atoms with van der Waals surface area (Å²) in [7, 11) is 0. The Morgan fingerprint density at radius 3 is 2.79 bits per heavy atom. The maximum atomic E-state index is 4.13. The van der Waals surface area contributed by atoms with E-state index in [0.29, 0.717) is 0 Å². The van der Waals surface area contributed by atoms with Gasteiger partial charge in [0.1, 0.15) is 0 Å². The van der Waals surface area contributed by atoms with Crippen LogP contribution in [0, 0.1) is 6.07 Å². The van der Waals surface area contributed by atoms with Crippen LogP contribution in [-0.2, 0) is 0 Å². The molecule has 0 saturated carbocycles. The molecule has 3 rings (SSSR count). The maximum Gasteiger partial charge on any atom is 0.0352 e. The second-order valence-corrected chi connectivity index (χ2v) is 3.17. The minimum atomic E-state index is 1.04. The van der Waals surface area contributed by atoms with Gasteiger partial charge in [0.05, 0.1) is 0 Å². The SMILES string of the molecule is [c]1cc2ccncc2c2ccncc12. The highest BCUT2D eigenvalue weighted by molar-refractivity contribution is 6.06. The molecule has 3 aromatic rings. The Hall–Kier alpha value is -1.96. The van der Waals surface area contributed by atoms with Gasteiger partial charge in [0.2, 0.25) is 0 Å². The van der Waals surface area contributed by atoms with Crippen LogP contribution in [0.2, 0.25) is 0 Å². The molecule has 2 heterocycles. The van der Waals surface area contributed by atoms with Gasteiger partial charge in [-0.05, 0) is 35.0 Å². The lowest BCUT2D eigenvalue weighted by molar-refractivity contribution is 1.35. The van der Waals surface area contributed by atoms with Crippen molar-refractivity contribution in [1.29, 1.82) is 0 Å². The molecule has 0 N–H and O–H groups in total. The van der Waals surface area contributed by atoms with Crippen LogP contribution >= 0.6 is 0 Å². The van der Waals surface area contributed by atoms with Gasteiger partial charge in [0, 0.05) is 35.6 Å². The molecule has 0 bridgehead atoms. The van der Waals surface area contributed by atoms with Gasteiger partial charge in [-0.25, -0.2) is 0 Å². The van der Waals surface area contributed by atoms with Gasteiger partial charge < -0.3 is 0 Å². The van der Waals surface area contributed by atoms with Crippen molar-refractivity contribution in [2.45, 2.75) is 0 Å². The van der Waals surface area contributed by atoms with Crippen molar-refractivity contribution >= 4 is 21.5 Å². The van der Waals surface area contributed by atoms with Crippen molar-refractivity contribution in [2.75, 3.05) is 0 Å². The Morgan fingerprint density at radius 1 is 0.929 bits per heavy atom. The molecule has 2 nitrogen and oxygen atoms in total. The lowest BCUT2D eigenvalue weighted by atomic mass is 10.1. The first-order chi connectivity index (χ1) is 6.95. The minimum Gasteiger partial charge on any atom is -0.264 e. The summed E-state index contributed by atoms with van der Waals surface area (Å²) >= 11 is 0. The molecular formula is C12H7N2. The van der Waals surface area contributed by atoms with E-state index in [9.17, 15) is 0 Å². The third kappa shape index (κ3) is 0.973. The molecule has 65 valence electrons. The number of rotatable bonds is 0. The Labute approximate surface area is 81.2 Å². The zero-order chi connectivity index (χ0) is 9.38. The first-order valence-electron chi connectivity index (χ1n) is 4.43. The fourth-order valence-corrected chi connectivity index (χ4v) is 1.66. The largest absolute Gasteiger partial charge is 0.264 e. The summed E-state index contributed by atoms with van der Waals surface area (Å²) in [6.45, 7) is 0. The van der Waals surface area contributed by atoms with Crippen molar-refractivity contribution in [3.63, 3.8) is 0 Å². The van der Waals surface area contributed by atoms with Crippen LogP contribution in [0.15, 0.2) is 43.0 Å². The van der Waals surface area contributed by atoms with Crippen LogP contribution in [0.1, 0.15) is 0 Å². The highest BCUT2D eigenvalue weighted by Crippen LogP contribution is 2.22. The number of aromatic nitrogens is 2. The third-order valence-corrected chi connectivity index (χ3v) is 2.35. The van der Waals surface area contributed by atoms with Gasteiger partial charge in [-0.2, -0.15) is 0 Å². The van der Waals surface area contributed by atoms with E-state index in [1.54, 1.807) is 12.4 Å². The van der Waals surface area contributed by atoms with Crippen molar-refractivity contribution < 1.29 is 0 Å². The number of hydrogen-bond donors (Lipinski definition) is 0. The zero-order valence-corrected chi connectivity index (χ0v) is 7.44. The molecule has 0 aliphatic rings. The lowest BCUT2D eigenvalue weighted by Crippen LogP contribution is -1.80. The second kappa shape index (κ2) is 2.77. The maximum absolute atomic E-state index is 4.13. The predicted molar refractivity (Wildman–Crippen MR) is 55.9 cm³/mol. The van der Waals surface area contributed by atoms with Crippen molar-refractivity contribution in [2.24, 2.45) is 0 Å². The van der Waals surface area contributed by atoms with E-state index in [1.807, 2.05) is 30.6 Å². The molecular weight excluding hydrogens is 172 g/mol. The Morgan fingerprint density at radius 2 is 1.79 bits per heavy atom. The molecule has 0 spiro atoms. The molecule has 0 amide bonds. The molecule has 14 heavy (non-hydrogen) atoms. The highest BCUT2D eigenvalue weighted by atomic mass is 14.6. The molecule has 0 aliphatic carbocycles. The van der Waals surface area contributed by atoms with E-state index >= 15 is 0 Å². The molecule has 1 radical (unpaired) electrons. The normalized spacial score (nSPS) is 10.9. The summed E-state index contributed by atoms with van der Waals surface area (Å²) in [5.74, 6) is 0. The Bertz CT molecular complexity index is 547. The summed E-state index contributed by atoms with van der Waals surface area (Å²) in [5, 5.41) is 4.51. The van der Waals surface area contributed by atoms with Gasteiger partial charge in [-0.1, -0.05) is 0 Å². The van der Waals surface area contributed by atoms with Crippen LogP contribution < -0.4 is 0 Å². The van der Waals surface area contributed by atoms with Crippen LogP contribution in [-0.4, -0.2) is 9.97 Å². The molecule has 0 fully saturated rings. The number of nitrogens with zero attached hydrogens (tertiary/aromatic N) is 2. The van der Waals surface area contributed by atoms with Crippen LogP contribution in [0.3, 0.4) is 0 Å². The minimum absolute atomic E-state index is 1.04. The summed E-state index contributed by atoms with van der Waals surface area (Å²) in [6.07, 6.45) is 7.29. The molecule has 0 unspecified atom stereocenters. The summed E-state index contributed by atoms with van der Waals surface area (Å²) in [5.41, 5.74) is 0. The van der Waals surface area contributed by atoms with E-state index in [1.165, 1.54) is 5.39 Å². The standard InChI is InChI=1S/C12H7N2/c1-2-10-7-13-6-4-11(10)12-8-14-5-3-9(1)12/h1,3-8H. The zero-order valence-electron chi connectivity index (χ0n) is 7.44. The van der Waals surface area contributed by atoms with Crippen LogP contribution in [0.25, 0.3) is 21.5 Å². The second-order valence-electron chi connectivity index (χ2n) is 3.17. The van der Waals surface area contributed by atoms with Crippen LogP contribution in [0.5, 0.6) is 0 Å². The monoisotopic (exact) mass is 179 g/mol. The summed E-state index contributed by atoms with van der Waals surface area (Å²) < 4.78 is 0. The van der Waals surface area contributed by atoms with Crippen molar-refractivity contribution in [3.8, 4) is 0 Å². The Kier molecular flexibility index (Phi) is 1.47. The third-order valence-electron chi connectivity index (χ3n) is 2.35. The van der Waals surface area contributed by atoms with Gasteiger partial charge >= 0.3 is 0 Å². The number of fused-ring (bicyclic) bond motifs is 3. The van der Waals surface area contributed by atoms with Crippen molar-refractivity contribution in [1.82, 2.24) is 9.97 Å². The fraction of sp³-hybridized carbons (Fsp3) is 0.